The van der Waals surface area contributed by atoms with Crippen molar-refractivity contribution in [1.82, 2.24) is 4.90 Å². The van der Waals surface area contributed by atoms with E-state index in [1.807, 2.05) is 30.0 Å². The van der Waals surface area contributed by atoms with E-state index in [1.165, 1.54) is 0 Å². The number of likely N-dealkylation sites (tertiary alicyclic amines) is 1. The zero-order valence-corrected chi connectivity index (χ0v) is 12.8. The third-order valence-electron chi connectivity index (χ3n) is 3.68. The van der Waals surface area contributed by atoms with Gasteiger partial charge in [0.1, 0.15) is 0 Å². The van der Waals surface area contributed by atoms with Crippen LogP contribution in [-0.4, -0.2) is 23.4 Å². The molecule has 2 nitrogen and oxygen atoms in total. The van der Waals surface area contributed by atoms with E-state index in [0.29, 0.717) is 12.0 Å². The minimum absolute atomic E-state index is 0.168. The highest BCUT2D eigenvalue weighted by Crippen LogP contribution is 2.28. The van der Waals surface area contributed by atoms with E-state index in [2.05, 4.69) is 29.8 Å². The van der Waals surface area contributed by atoms with Gasteiger partial charge >= 0.3 is 0 Å². The van der Waals surface area contributed by atoms with Gasteiger partial charge in [0, 0.05) is 17.1 Å². The Bertz CT molecular complexity index is 456. The number of amides is 1. The number of carbonyl (C=O) groups is 1. The Morgan fingerprint density at radius 2 is 2.17 bits per heavy atom. The van der Waals surface area contributed by atoms with E-state index >= 15 is 0 Å². The Kier molecular flexibility index (Phi) is 4.10. The maximum Gasteiger partial charge on any atom is 0.255 e. The molecule has 0 spiro atoms. The van der Waals surface area contributed by atoms with Gasteiger partial charge in [-0.2, -0.15) is 0 Å². The number of hydrogen-bond acceptors (Lipinski definition) is 1. The molecule has 0 radical (unpaired) electrons. The summed E-state index contributed by atoms with van der Waals surface area (Å²) in [5, 5.41) is 0. The summed E-state index contributed by atoms with van der Waals surface area (Å²) in [7, 11) is 0. The molecule has 2 rings (SSSR count). The summed E-state index contributed by atoms with van der Waals surface area (Å²) in [6.45, 7) is 7.30. The third-order valence-corrected chi connectivity index (χ3v) is 4.37. The maximum absolute atomic E-state index is 12.6. The van der Waals surface area contributed by atoms with Crippen molar-refractivity contribution in [2.24, 2.45) is 5.92 Å². The number of hydrogen-bond donors (Lipinski definition) is 0. The number of benzene rings is 1. The standard InChI is InChI=1S/C15H20BrNO/c1-10(2)14-5-4-8-17(14)15(18)12-9-11(3)6-7-13(12)16/h6-7,9-10,14H,4-5,8H2,1-3H3. The van der Waals surface area contributed by atoms with E-state index in [9.17, 15) is 4.79 Å². The van der Waals surface area contributed by atoms with Crippen LogP contribution in [0.2, 0.25) is 0 Å². The molecule has 98 valence electrons. The van der Waals surface area contributed by atoms with Gasteiger partial charge in [-0.25, -0.2) is 0 Å². The van der Waals surface area contributed by atoms with Gasteiger partial charge in [-0.1, -0.05) is 25.5 Å². The predicted molar refractivity (Wildman–Crippen MR) is 77.8 cm³/mol. The topological polar surface area (TPSA) is 20.3 Å². The van der Waals surface area contributed by atoms with Crippen LogP contribution in [0.5, 0.6) is 0 Å². The maximum atomic E-state index is 12.6. The minimum Gasteiger partial charge on any atom is -0.335 e. The molecule has 1 unspecified atom stereocenters. The lowest BCUT2D eigenvalue weighted by Crippen LogP contribution is -2.38. The smallest absolute Gasteiger partial charge is 0.255 e. The van der Waals surface area contributed by atoms with Crippen LogP contribution in [0.3, 0.4) is 0 Å². The molecule has 1 aliphatic rings. The Morgan fingerprint density at radius 3 is 2.83 bits per heavy atom. The molecule has 0 N–H and O–H groups in total. The van der Waals surface area contributed by atoms with Crippen molar-refractivity contribution < 1.29 is 4.79 Å². The largest absolute Gasteiger partial charge is 0.335 e. The van der Waals surface area contributed by atoms with Crippen molar-refractivity contribution in [3.63, 3.8) is 0 Å². The Morgan fingerprint density at radius 1 is 1.44 bits per heavy atom. The van der Waals surface area contributed by atoms with Gasteiger partial charge in [-0.3, -0.25) is 4.79 Å². The molecule has 0 aromatic heterocycles. The highest BCUT2D eigenvalue weighted by Gasteiger charge is 2.31. The fourth-order valence-corrected chi connectivity index (χ4v) is 3.11. The zero-order valence-electron chi connectivity index (χ0n) is 11.2. The van der Waals surface area contributed by atoms with Crippen molar-refractivity contribution in [2.75, 3.05) is 6.54 Å². The third kappa shape index (κ3) is 2.61. The Labute approximate surface area is 117 Å². The van der Waals surface area contributed by atoms with Crippen LogP contribution in [0.15, 0.2) is 22.7 Å². The van der Waals surface area contributed by atoms with Crippen LogP contribution >= 0.6 is 15.9 Å². The first kappa shape index (κ1) is 13.6. The Hall–Kier alpha value is -0.830. The second kappa shape index (κ2) is 5.43. The summed E-state index contributed by atoms with van der Waals surface area (Å²) < 4.78 is 0.896. The van der Waals surface area contributed by atoms with Gasteiger partial charge in [0.2, 0.25) is 0 Å². The summed E-state index contributed by atoms with van der Waals surface area (Å²) in [5.41, 5.74) is 1.92. The van der Waals surface area contributed by atoms with Gasteiger partial charge in [-0.15, -0.1) is 0 Å². The molecular weight excluding hydrogens is 290 g/mol. The first-order chi connectivity index (χ1) is 8.50. The SMILES string of the molecule is Cc1ccc(Br)c(C(=O)N2CCCC2C(C)C)c1. The van der Waals surface area contributed by atoms with Crippen molar-refractivity contribution in [3.8, 4) is 0 Å². The molecule has 1 heterocycles. The molecule has 18 heavy (non-hydrogen) atoms. The fraction of sp³-hybridized carbons (Fsp3) is 0.533. The summed E-state index contributed by atoms with van der Waals surface area (Å²) in [4.78, 5) is 14.7. The second-order valence-electron chi connectivity index (χ2n) is 5.44. The van der Waals surface area contributed by atoms with Crippen LogP contribution in [0.4, 0.5) is 0 Å². The predicted octanol–water partition coefficient (Wildman–Crippen LogP) is 4.02. The summed E-state index contributed by atoms with van der Waals surface area (Å²) in [6.07, 6.45) is 2.25. The van der Waals surface area contributed by atoms with E-state index in [0.717, 1.165) is 35.0 Å². The molecule has 3 heteroatoms. The number of carbonyl (C=O) groups excluding carboxylic acids is 1. The second-order valence-corrected chi connectivity index (χ2v) is 6.29. The summed E-state index contributed by atoms with van der Waals surface area (Å²) >= 11 is 3.49. The molecule has 1 saturated heterocycles. The quantitative estimate of drug-likeness (QED) is 0.808. The molecule has 1 aliphatic heterocycles. The van der Waals surface area contributed by atoms with E-state index in [1.54, 1.807) is 0 Å². The van der Waals surface area contributed by atoms with E-state index < -0.39 is 0 Å². The van der Waals surface area contributed by atoms with Crippen LogP contribution < -0.4 is 0 Å². The van der Waals surface area contributed by atoms with E-state index in [4.69, 9.17) is 0 Å². The molecule has 1 aromatic rings. The van der Waals surface area contributed by atoms with Crippen LogP contribution in [0, 0.1) is 12.8 Å². The van der Waals surface area contributed by atoms with Gasteiger partial charge in [0.25, 0.3) is 5.91 Å². The molecule has 1 fully saturated rings. The minimum atomic E-state index is 0.168. The lowest BCUT2D eigenvalue weighted by molar-refractivity contribution is 0.0700. The average molecular weight is 310 g/mol. The number of nitrogens with zero attached hydrogens (tertiary/aromatic N) is 1. The van der Waals surface area contributed by atoms with Crippen molar-refractivity contribution >= 4 is 21.8 Å². The highest BCUT2D eigenvalue weighted by atomic mass is 79.9. The Balaban J connectivity index is 2.28. The van der Waals surface area contributed by atoms with Crippen molar-refractivity contribution in [3.05, 3.63) is 33.8 Å². The number of halogens is 1. The van der Waals surface area contributed by atoms with Gasteiger partial charge in [-0.05, 0) is 53.7 Å². The fourth-order valence-electron chi connectivity index (χ4n) is 2.70. The summed E-state index contributed by atoms with van der Waals surface area (Å²) in [6, 6.07) is 6.35. The van der Waals surface area contributed by atoms with Gasteiger partial charge < -0.3 is 4.90 Å². The number of aryl methyl sites for hydroxylation is 1. The molecule has 1 atom stereocenters. The first-order valence-electron chi connectivity index (χ1n) is 6.58. The van der Waals surface area contributed by atoms with Crippen LogP contribution in [0.1, 0.15) is 42.6 Å². The first-order valence-corrected chi connectivity index (χ1v) is 7.37. The lowest BCUT2D eigenvalue weighted by atomic mass is 10.0. The molecular formula is C15H20BrNO. The molecule has 0 saturated carbocycles. The molecule has 0 aliphatic carbocycles. The molecule has 1 amide bonds. The van der Waals surface area contributed by atoms with Crippen molar-refractivity contribution in [2.45, 2.75) is 39.7 Å². The van der Waals surface area contributed by atoms with Gasteiger partial charge in [0.15, 0.2) is 0 Å². The van der Waals surface area contributed by atoms with Crippen molar-refractivity contribution in [1.29, 1.82) is 0 Å². The van der Waals surface area contributed by atoms with Crippen LogP contribution in [-0.2, 0) is 0 Å². The normalized spacial score (nSPS) is 19.6. The molecule has 1 aromatic carbocycles. The van der Waals surface area contributed by atoms with E-state index in [-0.39, 0.29) is 5.91 Å². The van der Waals surface area contributed by atoms with Crippen LogP contribution in [0.25, 0.3) is 0 Å². The number of rotatable bonds is 2. The highest BCUT2D eigenvalue weighted by molar-refractivity contribution is 9.10. The van der Waals surface area contributed by atoms with Gasteiger partial charge in [0.05, 0.1) is 5.56 Å². The summed E-state index contributed by atoms with van der Waals surface area (Å²) in [5.74, 6) is 0.696. The molecule has 0 bridgehead atoms. The zero-order chi connectivity index (χ0) is 13.3. The average Bonchev–Trinajstić information content (AvgIpc) is 2.80. The monoisotopic (exact) mass is 309 g/mol. The lowest BCUT2D eigenvalue weighted by Gasteiger charge is -2.28.